The summed E-state index contributed by atoms with van der Waals surface area (Å²) in [5, 5.41) is 0. The number of rotatable bonds is 1. The van der Waals surface area contributed by atoms with Crippen molar-refractivity contribution in [1.29, 1.82) is 0 Å². The first kappa shape index (κ1) is 7.25. The molecule has 1 rings (SSSR count). The molecule has 0 unspecified atom stereocenters. The van der Waals surface area contributed by atoms with E-state index in [0.717, 1.165) is 4.48 Å². The van der Waals surface area contributed by atoms with E-state index in [1.165, 1.54) is 0 Å². The van der Waals surface area contributed by atoms with Crippen LogP contribution in [-0.4, -0.2) is 19.5 Å². The number of hydrogen-bond acceptors (Lipinski definition) is 2. The molecular formula is C6H9BrO2. The average Bonchev–Trinajstić information content (AvgIpc) is 2.15. The lowest BCUT2D eigenvalue weighted by Gasteiger charge is -2.00. The Balaban J connectivity index is 2.35. The van der Waals surface area contributed by atoms with Gasteiger partial charge < -0.3 is 9.47 Å². The number of halogens is 1. The second-order valence-corrected chi connectivity index (χ2v) is 3.11. The summed E-state index contributed by atoms with van der Waals surface area (Å²) in [5.41, 5.74) is 0. The van der Waals surface area contributed by atoms with E-state index in [1.54, 1.807) is 0 Å². The van der Waals surface area contributed by atoms with Crippen LogP contribution in [0.25, 0.3) is 0 Å². The molecule has 0 atom stereocenters. The molecule has 0 N–H and O–H groups in total. The molecule has 1 heterocycles. The quantitative estimate of drug-likeness (QED) is 0.630. The van der Waals surface area contributed by atoms with E-state index in [0.29, 0.717) is 13.2 Å². The third-order valence-corrected chi connectivity index (χ3v) is 1.28. The number of hydrogen-bond donors (Lipinski definition) is 0. The molecule has 1 fully saturated rings. The highest BCUT2D eigenvalue weighted by Gasteiger charge is 2.11. The maximum Gasteiger partial charge on any atom is 0.178 e. The molecule has 0 aliphatic carbocycles. The van der Waals surface area contributed by atoms with Crippen molar-refractivity contribution in [3.05, 3.63) is 10.6 Å². The minimum absolute atomic E-state index is 0.121. The lowest BCUT2D eigenvalue weighted by atomic mass is 10.5. The van der Waals surface area contributed by atoms with E-state index in [4.69, 9.17) is 9.47 Å². The lowest BCUT2D eigenvalue weighted by molar-refractivity contribution is -0.00174. The fourth-order valence-electron chi connectivity index (χ4n) is 0.660. The molecule has 0 amide bonds. The van der Waals surface area contributed by atoms with Crippen LogP contribution in [-0.2, 0) is 9.47 Å². The fraction of sp³-hybridized carbons (Fsp3) is 0.667. The van der Waals surface area contributed by atoms with Crippen LogP contribution in [0.5, 0.6) is 0 Å². The summed E-state index contributed by atoms with van der Waals surface area (Å²) in [6.45, 7) is 3.37. The molecule has 0 spiro atoms. The molecular weight excluding hydrogens is 184 g/mol. The highest BCUT2D eigenvalue weighted by molar-refractivity contribution is 9.11. The summed E-state index contributed by atoms with van der Waals surface area (Å²) < 4.78 is 11.3. The molecule has 52 valence electrons. The normalized spacial score (nSPS) is 23.1. The van der Waals surface area contributed by atoms with Crippen molar-refractivity contribution in [3.8, 4) is 0 Å². The van der Waals surface area contributed by atoms with E-state index >= 15 is 0 Å². The van der Waals surface area contributed by atoms with Crippen LogP contribution in [0, 0.1) is 0 Å². The minimum atomic E-state index is -0.121. The third kappa shape index (κ3) is 2.47. The van der Waals surface area contributed by atoms with Crippen LogP contribution in [0.2, 0.25) is 0 Å². The summed E-state index contributed by atoms with van der Waals surface area (Å²) in [6.07, 6.45) is 1.77. The first-order chi connectivity index (χ1) is 4.29. The first-order valence-corrected chi connectivity index (χ1v) is 3.65. The number of ether oxygens (including phenoxy) is 2. The van der Waals surface area contributed by atoms with Gasteiger partial charge in [0, 0.05) is 0 Å². The highest BCUT2D eigenvalue weighted by atomic mass is 79.9. The van der Waals surface area contributed by atoms with E-state index < -0.39 is 0 Å². The van der Waals surface area contributed by atoms with Crippen molar-refractivity contribution in [2.75, 3.05) is 13.2 Å². The van der Waals surface area contributed by atoms with Gasteiger partial charge >= 0.3 is 0 Å². The second kappa shape index (κ2) is 3.34. The Kier molecular flexibility index (Phi) is 2.69. The van der Waals surface area contributed by atoms with Gasteiger partial charge in [-0.15, -0.1) is 0 Å². The second-order valence-electron chi connectivity index (χ2n) is 1.86. The maximum atomic E-state index is 5.14. The van der Waals surface area contributed by atoms with Gasteiger partial charge in [-0.05, 0) is 17.5 Å². The Morgan fingerprint density at radius 2 is 2.11 bits per heavy atom. The van der Waals surface area contributed by atoms with E-state index in [9.17, 15) is 0 Å². The first-order valence-electron chi connectivity index (χ1n) is 2.86. The SMILES string of the molecule is CC(Br)=CC1OCCO1. The lowest BCUT2D eigenvalue weighted by Crippen LogP contribution is -2.01. The Morgan fingerprint density at radius 1 is 1.56 bits per heavy atom. The molecule has 0 radical (unpaired) electrons. The van der Waals surface area contributed by atoms with Gasteiger partial charge in [-0.1, -0.05) is 15.9 Å². The van der Waals surface area contributed by atoms with Gasteiger partial charge in [0.15, 0.2) is 6.29 Å². The van der Waals surface area contributed by atoms with Gasteiger partial charge in [0.25, 0.3) is 0 Å². The van der Waals surface area contributed by atoms with E-state index in [2.05, 4.69) is 15.9 Å². The van der Waals surface area contributed by atoms with Crippen LogP contribution in [0.15, 0.2) is 10.6 Å². The van der Waals surface area contributed by atoms with Crippen molar-refractivity contribution < 1.29 is 9.47 Å². The predicted octanol–water partition coefficient (Wildman–Crippen LogP) is 1.66. The largest absolute Gasteiger partial charge is 0.347 e. The standard InChI is InChI=1S/C6H9BrO2/c1-5(7)4-6-8-2-3-9-6/h4,6H,2-3H2,1H3. The molecule has 3 heteroatoms. The van der Waals surface area contributed by atoms with Crippen LogP contribution in [0.1, 0.15) is 6.92 Å². The minimum Gasteiger partial charge on any atom is -0.347 e. The molecule has 0 bridgehead atoms. The molecule has 9 heavy (non-hydrogen) atoms. The molecule has 2 nitrogen and oxygen atoms in total. The van der Waals surface area contributed by atoms with Crippen molar-refractivity contribution in [1.82, 2.24) is 0 Å². The molecule has 1 aliphatic rings. The maximum absolute atomic E-state index is 5.14. The van der Waals surface area contributed by atoms with E-state index in [-0.39, 0.29) is 6.29 Å². The van der Waals surface area contributed by atoms with Crippen molar-refractivity contribution in [3.63, 3.8) is 0 Å². The Labute approximate surface area is 63.0 Å². The predicted molar refractivity (Wildman–Crippen MR) is 38.4 cm³/mol. The topological polar surface area (TPSA) is 18.5 Å². The van der Waals surface area contributed by atoms with Crippen LogP contribution in [0.3, 0.4) is 0 Å². The zero-order chi connectivity index (χ0) is 6.69. The highest BCUT2D eigenvalue weighted by Crippen LogP contribution is 2.10. The zero-order valence-electron chi connectivity index (χ0n) is 5.26. The Hall–Kier alpha value is 0.140. The van der Waals surface area contributed by atoms with Gasteiger partial charge in [-0.3, -0.25) is 0 Å². The monoisotopic (exact) mass is 192 g/mol. The van der Waals surface area contributed by atoms with Crippen molar-refractivity contribution in [2.24, 2.45) is 0 Å². The van der Waals surface area contributed by atoms with Gasteiger partial charge in [0.05, 0.1) is 13.2 Å². The molecule has 1 aliphatic heterocycles. The fourth-order valence-corrected chi connectivity index (χ4v) is 0.876. The number of allylic oxidation sites excluding steroid dienone is 1. The molecule has 1 saturated heterocycles. The smallest absolute Gasteiger partial charge is 0.178 e. The molecule has 0 saturated carbocycles. The Morgan fingerprint density at radius 3 is 2.56 bits per heavy atom. The summed E-state index contributed by atoms with van der Waals surface area (Å²) in [4.78, 5) is 0. The molecule has 0 aromatic rings. The van der Waals surface area contributed by atoms with Crippen LogP contribution >= 0.6 is 15.9 Å². The van der Waals surface area contributed by atoms with Gasteiger partial charge in [0.2, 0.25) is 0 Å². The van der Waals surface area contributed by atoms with Crippen molar-refractivity contribution >= 4 is 15.9 Å². The van der Waals surface area contributed by atoms with Crippen molar-refractivity contribution in [2.45, 2.75) is 13.2 Å². The van der Waals surface area contributed by atoms with Gasteiger partial charge in [-0.25, -0.2) is 0 Å². The molecule has 0 aromatic heterocycles. The zero-order valence-corrected chi connectivity index (χ0v) is 6.85. The summed E-state index contributed by atoms with van der Waals surface area (Å²) in [6, 6.07) is 0. The van der Waals surface area contributed by atoms with Gasteiger partial charge in [0.1, 0.15) is 0 Å². The summed E-state index contributed by atoms with van der Waals surface area (Å²) >= 11 is 3.29. The average molecular weight is 193 g/mol. The van der Waals surface area contributed by atoms with Crippen LogP contribution in [0.4, 0.5) is 0 Å². The third-order valence-electron chi connectivity index (χ3n) is 1.01. The molecule has 0 aromatic carbocycles. The summed E-state index contributed by atoms with van der Waals surface area (Å²) in [5.74, 6) is 0. The summed E-state index contributed by atoms with van der Waals surface area (Å²) in [7, 11) is 0. The van der Waals surface area contributed by atoms with Gasteiger partial charge in [-0.2, -0.15) is 0 Å². The van der Waals surface area contributed by atoms with E-state index in [1.807, 2.05) is 13.0 Å². The van der Waals surface area contributed by atoms with Crippen LogP contribution < -0.4 is 0 Å². The Bertz CT molecular complexity index is 112.